The van der Waals surface area contributed by atoms with E-state index in [1.807, 2.05) is 6.92 Å². The van der Waals surface area contributed by atoms with E-state index in [4.69, 9.17) is 4.74 Å². The van der Waals surface area contributed by atoms with Crippen molar-refractivity contribution >= 4 is 33.2 Å². The van der Waals surface area contributed by atoms with Crippen LogP contribution in [-0.2, 0) is 26.2 Å². The van der Waals surface area contributed by atoms with Gasteiger partial charge in [0.2, 0.25) is 21.8 Å². The highest BCUT2D eigenvalue weighted by Crippen LogP contribution is 2.28. The largest absolute Gasteiger partial charge is 0.497 e. The van der Waals surface area contributed by atoms with Crippen LogP contribution in [-0.4, -0.2) is 62.6 Å². The highest BCUT2D eigenvalue weighted by Gasteiger charge is 2.32. The summed E-state index contributed by atoms with van der Waals surface area (Å²) in [6.07, 6.45) is 2.89. The van der Waals surface area contributed by atoms with Crippen LogP contribution in [0.3, 0.4) is 0 Å². The molecular weight excluding hydrogens is 512 g/mol. The first kappa shape index (κ1) is 30.6. The van der Waals surface area contributed by atoms with E-state index in [0.717, 1.165) is 29.5 Å². The van der Waals surface area contributed by atoms with Gasteiger partial charge in [-0.2, -0.15) is 0 Å². The predicted molar refractivity (Wildman–Crippen MR) is 146 cm³/mol. The topological polar surface area (TPSA) is 139 Å². The van der Waals surface area contributed by atoms with Crippen molar-refractivity contribution in [3.05, 3.63) is 63.7 Å². The molecular formula is C26H36N4O7S. The van der Waals surface area contributed by atoms with Crippen LogP contribution in [0.4, 0.5) is 11.4 Å². The van der Waals surface area contributed by atoms with Gasteiger partial charge in [-0.05, 0) is 43.0 Å². The molecule has 0 aliphatic heterocycles. The SMILES string of the molecule is CCCCNC(=O)C(CC)N(Cc1cccc(OC)c1)C(=O)CN(c1cc([N+](=O)[O-])ccc1C)S(C)(=O)=O. The number of carbonyl (C=O) groups excluding carboxylic acids is 2. The fraction of sp³-hybridized carbons (Fsp3) is 0.462. The molecule has 0 heterocycles. The highest BCUT2D eigenvalue weighted by molar-refractivity contribution is 7.92. The number of amides is 2. The molecule has 1 atom stereocenters. The summed E-state index contributed by atoms with van der Waals surface area (Å²) in [5.74, 6) is -0.392. The molecule has 0 aliphatic carbocycles. The Bertz CT molecular complexity index is 1250. The number of non-ortho nitro benzene ring substituents is 1. The number of rotatable bonds is 14. The Morgan fingerprint density at radius 3 is 2.45 bits per heavy atom. The second kappa shape index (κ2) is 13.8. The second-order valence-electron chi connectivity index (χ2n) is 8.94. The first-order chi connectivity index (χ1) is 17.9. The Morgan fingerprint density at radius 1 is 1.16 bits per heavy atom. The molecule has 0 saturated heterocycles. The zero-order valence-electron chi connectivity index (χ0n) is 22.5. The van der Waals surface area contributed by atoms with Gasteiger partial charge in [-0.1, -0.05) is 38.5 Å². The van der Waals surface area contributed by atoms with Gasteiger partial charge in [-0.3, -0.25) is 24.0 Å². The van der Waals surface area contributed by atoms with Crippen molar-refractivity contribution < 1.29 is 27.7 Å². The summed E-state index contributed by atoms with van der Waals surface area (Å²) >= 11 is 0. The summed E-state index contributed by atoms with van der Waals surface area (Å²) in [7, 11) is -2.51. The zero-order valence-corrected chi connectivity index (χ0v) is 23.3. The van der Waals surface area contributed by atoms with E-state index < -0.39 is 33.4 Å². The number of hydrogen-bond acceptors (Lipinski definition) is 7. The van der Waals surface area contributed by atoms with Crippen LogP contribution < -0.4 is 14.4 Å². The van der Waals surface area contributed by atoms with Crippen molar-refractivity contribution in [3.63, 3.8) is 0 Å². The van der Waals surface area contributed by atoms with Crippen molar-refractivity contribution in [2.45, 2.75) is 52.6 Å². The Morgan fingerprint density at radius 2 is 1.87 bits per heavy atom. The number of nitro groups is 1. The van der Waals surface area contributed by atoms with E-state index in [1.165, 1.54) is 24.1 Å². The number of methoxy groups -OCH3 is 1. The number of unbranched alkanes of at least 4 members (excludes halogenated alkanes) is 1. The van der Waals surface area contributed by atoms with Gasteiger partial charge in [0.1, 0.15) is 18.3 Å². The van der Waals surface area contributed by atoms with Gasteiger partial charge in [0.15, 0.2) is 0 Å². The smallest absolute Gasteiger partial charge is 0.271 e. The Hall–Kier alpha value is -3.67. The van der Waals surface area contributed by atoms with Gasteiger partial charge < -0.3 is 15.0 Å². The normalized spacial score (nSPS) is 11.9. The maximum atomic E-state index is 13.8. The Labute approximate surface area is 224 Å². The molecule has 0 spiro atoms. The standard InChI is InChI=1S/C26H36N4O7S/c1-6-8-14-27-26(32)23(7-2)28(17-20-10-9-11-22(15-20)37-4)25(31)18-29(38(5,35)36)24-16-21(30(33)34)13-12-19(24)3/h9-13,15-16,23H,6-8,14,17-18H2,1-5H3,(H,27,32). The molecule has 2 aromatic carbocycles. The Balaban J connectivity index is 2.51. The van der Waals surface area contributed by atoms with Crippen LogP contribution in [0.25, 0.3) is 0 Å². The lowest BCUT2D eigenvalue weighted by Crippen LogP contribution is -2.52. The van der Waals surface area contributed by atoms with Crippen LogP contribution in [0.1, 0.15) is 44.2 Å². The quantitative estimate of drug-likeness (QED) is 0.217. The molecule has 1 unspecified atom stereocenters. The number of nitrogens with one attached hydrogen (secondary N) is 1. The van der Waals surface area contributed by atoms with E-state index in [1.54, 1.807) is 38.1 Å². The average Bonchev–Trinajstić information content (AvgIpc) is 2.87. The summed E-state index contributed by atoms with van der Waals surface area (Å²) in [4.78, 5) is 38.9. The molecule has 11 nitrogen and oxygen atoms in total. The first-order valence-corrected chi connectivity index (χ1v) is 14.2. The minimum Gasteiger partial charge on any atom is -0.497 e. The number of benzene rings is 2. The molecule has 208 valence electrons. The molecule has 2 aromatic rings. The lowest BCUT2D eigenvalue weighted by Gasteiger charge is -2.33. The van der Waals surface area contributed by atoms with Crippen LogP contribution in [0.15, 0.2) is 42.5 Å². The van der Waals surface area contributed by atoms with E-state index >= 15 is 0 Å². The molecule has 2 amide bonds. The van der Waals surface area contributed by atoms with Gasteiger partial charge in [-0.25, -0.2) is 8.42 Å². The summed E-state index contributed by atoms with van der Waals surface area (Å²) < 4.78 is 31.7. The van der Waals surface area contributed by atoms with Crippen molar-refractivity contribution in [1.29, 1.82) is 0 Å². The van der Waals surface area contributed by atoms with Crippen LogP contribution in [0, 0.1) is 17.0 Å². The third-order valence-electron chi connectivity index (χ3n) is 6.05. The Kier molecular flexibility index (Phi) is 11.1. The third kappa shape index (κ3) is 8.17. The summed E-state index contributed by atoms with van der Waals surface area (Å²) in [6, 6.07) is 9.99. The van der Waals surface area contributed by atoms with Crippen molar-refractivity contribution in [2.75, 3.05) is 30.8 Å². The molecule has 0 bridgehead atoms. The van der Waals surface area contributed by atoms with Gasteiger partial charge >= 0.3 is 0 Å². The zero-order chi connectivity index (χ0) is 28.5. The summed E-state index contributed by atoms with van der Waals surface area (Å²) in [5.41, 5.74) is 0.853. The molecule has 2 rings (SSSR count). The average molecular weight is 549 g/mol. The molecule has 38 heavy (non-hydrogen) atoms. The minimum absolute atomic E-state index is 0.0248. The number of aryl methyl sites for hydroxylation is 1. The third-order valence-corrected chi connectivity index (χ3v) is 7.18. The number of hydrogen-bond donors (Lipinski definition) is 1. The monoisotopic (exact) mass is 548 g/mol. The van der Waals surface area contributed by atoms with Gasteiger partial charge in [0.25, 0.3) is 5.69 Å². The number of nitrogens with zero attached hydrogens (tertiary/aromatic N) is 3. The minimum atomic E-state index is -4.02. The second-order valence-corrected chi connectivity index (χ2v) is 10.8. The maximum absolute atomic E-state index is 13.8. The highest BCUT2D eigenvalue weighted by atomic mass is 32.2. The van der Waals surface area contributed by atoms with Crippen LogP contribution >= 0.6 is 0 Å². The van der Waals surface area contributed by atoms with Gasteiger partial charge in [-0.15, -0.1) is 0 Å². The number of nitro benzene ring substituents is 1. The van der Waals surface area contributed by atoms with Crippen molar-refractivity contribution in [2.24, 2.45) is 0 Å². The summed E-state index contributed by atoms with van der Waals surface area (Å²) in [6.45, 7) is 5.22. The predicted octanol–water partition coefficient (Wildman–Crippen LogP) is 3.40. The fourth-order valence-corrected chi connectivity index (χ4v) is 4.87. The van der Waals surface area contributed by atoms with Crippen molar-refractivity contribution in [3.8, 4) is 5.75 Å². The van der Waals surface area contributed by atoms with Crippen LogP contribution in [0.2, 0.25) is 0 Å². The molecule has 0 aliphatic rings. The molecule has 0 aromatic heterocycles. The van der Waals surface area contributed by atoms with E-state index in [0.29, 0.717) is 29.8 Å². The maximum Gasteiger partial charge on any atom is 0.271 e. The van der Waals surface area contributed by atoms with Gasteiger partial charge in [0.05, 0.1) is 24.0 Å². The number of carbonyl (C=O) groups is 2. The molecule has 0 saturated carbocycles. The van der Waals surface area contributed by atoms with Crippen LogP contribution in [0.5, 0.6) is 5.75 Å². The lowest BCUT2D eigenvalue weighted by atomic mass is 10.1. The molecule has 12 heteroatoms. The van der Waals surface area contributed by atoms with Crippen molar-refractivity contribution in [1.82, 2.24) is 10.2 Å². The number of anilines is 1. The van der Waals surface area contributed by atoms with Gasteiger partial charge in [0, 0.05) is 25.2 Å². The lowest BCUT2D eigenvalue weighted by molar-refractivity contribution is -0.384. The number of sulfonamides is 1. The molecule has 1 N–H and O–H groups in total. The summed E-state index contributed by atoms with van der Waals surface area (Å²) in [5, 5.41) is 14.2. The van der Waals surface area contributed by atoms with E-state index in [9.17, 15) is 28.1 Å². The van der Waals surface area contributed by atoms with E-state index in [2.05, 4.69) is 5.32 Å². The first-order valence-electron chi connectivity index (χ1n) is 12.4. The molecule has 0 radical (unpaired) electrons. The van der Waals surface area contributed by atoms with E-state index in [-0.39, 0.29) is 23.8 Å². The molecule has 0 fully saturated rings. The number of ether oxygens (including phenoxy) is 1. The fourth-order valence-electron chi connectivity index (χ4n) is 3.97.